The van der Waals surface area contributed by atoms with Gasteiger partial charge in [0.05, 0.1) is 16.7 Å². The summed E-state index contributed by atoms with van der Waals surface area (Å²) in [6.45, 7) is 10.4. The summed E-state index contributed by atoms with van der Waals surface area (Å²) in [5.41, 5.74) is 7.66. The number of ether oxygens (including phenoxy) is 1. The van der Waals surface area contributed by atoms with Crippen LogP contribution in [0, 0.1) is 11.8 Å². The summed E-state index contributed by atoms with van der Waals surface area (Å²) in [5, 5.41) is 0.931. The molecule has 0 aliphatic carbocycles. The molecule has 2 N–H and O–H groups in total. The van der Waals surface area contributed by atoms with Crippen LogP contribution in [0.2, 0.25) is 0 Å². The van der Waals surface area contributed by atoms with E-state index in [0.717, 1.165) is 16.3 Å². The van der Waals surface area contributed by atoms with Crippen LogP contribution in [0.15, 0.2) is 21.9 Å². The Bertz CT molecular complexity index is 564. The molecule has 1 atom stereocenters. The summed E-state index contributed by atoms with van der Waals surface area (Å²) in [4.78, 5) is 26.0. The van der Waals surface area contributed by atoms with Crippen LogP contribution in [0.3, 0.4) is 0 Å². The molecule has 6 heteroatoms. The van der Waals surface area contributed by atoms with Crippen LogP contribution >= 0.6 is 11.8 Å². The van der Waals surface area contributed by atoms with E-state index >= 15 is 0 Å². The number of thioether (sulfide) groups is 1. The second kappa shape index (κ2) is 6.36. The predicted octanol–water partition coefficient (Wildman–Crippen LogP) is 2.24. The number of hydrogen-bond acceptors (Lipinski definition) is 5. The van der Waals surface area contributed by atoms with E-state index in [2.05, 4.69) is 18.7 Å². The zero-order valence-corrected chi connectivity index (χ0v) is 14.6. The lowest BCUT2D eigenvalue weighted by Crippen LogP contribution is -2.26. The van der Waals surface area contributed by atoms with Crippen molar-refractivity contribution in [2.45, 2.75) is 40.7 Å². The van der Waals surface area contributed by atoms with Crippen LogP contribution in [-0.4, -0.2) is 35.2 Å². The fourth-order valence-electron chi connectivity index (χ4n) is 2.79. The highest BCUT2D eigenvalue weighted by Gasteiger charge is 2.43. The van der Waals surface area contributed by atoms with E-state index in [0.29, 0.717) is 23.8 Å². The monoisotopic (exact) mass is 324 g/mol. The fourth-order valence-corrected chi connectivity index (χ4v) is 4.17. The van der Waals surface area contributed by atoms with E-state index in [4.69, 9.17) is 10.5 Å². The first kappa shape index (κ1) is 16.9. The van der Waals surface area contributed by atoms with Crippen molar-refractivity contribution < 1.29 is 14.3 Å². The topological polar surface area (TPSA) is 72.6 Å². The average molecular weight is 324 g/mol. The second-order valence-electron chi connectivity index (χ2n) is 6.36. The van der Waals surface area contributed by atoms with E-state index in [9.17, 15) is 9.59 Å². The Balaban J connectivity index is 2.42. The molecule has 1 fully saturated rings. The molecule has 2 aliphatic rings. The van der Waals surface area contributed by atoms with Gasteiger partial charge in [-0.05, 0) is 26.7 Å². The zero-order valence-electron chi connectivity index (χ0n) is 13.8. The summed E-state index contributed by atoms with van der Waals surface area (Å²) in [7, 11) is 0. The normalized spacial score (nSPS) is 23.4. The highest BCUT2D eigenvalue weighted by Crippen LogP contribution is 2.47. The first-order chi connectivity index (χ1) is 10.2. The van der Waals surface area contributed by atoms with Crippen molar-refractivity contribution in [2.75, 3.05) is 12.3 Å². The van der Waals surface area contributed by atoms with E-state index in [1.807, 2.05) is 13.8 Å². The zero-order chi connectivity index (χ0) is 16.6. The van der Waals surface area contributed by atoms with Crippen molar-refractivity contribution in [1.29, 1.82) is 0 Å². The number of carbonyl (C=O) groups is 2. The number of nitrogens with two attached hydrogens (primary N) is 1. The van der Waals surface area contributed by atoms with Crippen molar-refractivity contribution in [1.82, 2.24) is 4.90 Å². The molecule has 0 radical (unpaired) electrons. The number of hydrogen-bond donors (Lipinski definition) is 1. The minimum atomic E-state index is -0.406. The van der Waals surface area contributed by atoms with Gasteiger partial charge in [-0.3, -0.25) is 4.79 Å². The van der Waals surface area contributed by atoms with Gasteiger partial charge in [0.1, 0.15) is 0 Å². The highest BCUT2D eigenvalue weighted by molar-refractivity contribution is 8.03. The van der Waals surface area contributed by atoms with Crippen LogP contribution in [0.4, 0.5) is 0 Å². The molecule has 2 aliphatic heterocycles. The SMILES string of the molecule is CC(C(N)=O)=C1CSC2=C(C(=O)OC(C)C)C(C(C)C)CN12. The van der Waals surface area contributed by atoms with Gasteiger partial charge in [0.2, 0.25) is 5.91 Å². The molecular weight excluding hydrogens is 300 g/mol. The number of amides is 1. The Kier molecular flexibility index (Phi) is 4.90. The molecule has 122 valence electrons. The Hall–Kier alpha value is -1.43. The standard InChI is InChI=1S/C16H24N2O3S/c1-8(2)11-6-18-12(10(5)14(17)19)7-22-15(18)13(11)16(20)21-9(3)4/h8-9,11H,6-7H2,1-5H3,(H2,17,19). The molecule has 0 bridgehead atoms. The van der Waals surface area contributed by atoms with Crippen molar-refractivity contribution in [2.24, 2.45) is 17.6 Å². The lowest BCUT2D eigenvalue weighted by Gasteiger charge is -2.21. The van der Waals surface area contributed by atoms with Crippen LogP contribution in [0.5, 0.6) is 0 Å². The summed E-state index contributed by atoms with van der Waals surface area (Å²) >= 11 is 1.59. The van der Waals surface area contributed by atoms with Gasteiger partial charge in [0.15, 0.2) is 0 Å². The molecule has 0 aromatic carbocycles. The molecule has 2 heterocycles. The maximum atomic E-state index is 12.5. The third-order valence-corrected chi connectivity index (χ3v) is 5.20. The van der Waals surface area contributed by atoms with Crippen LogP contribution in [0.25, 0.3) is 0 Å². The molecule has 0 saturated carbocycles. The van der Waals surface area contributed by atoms with Gasteiger partial charge in [0.25, 0.3) is 0 Å². The number of primary amides is 1. The van der Waals surface area contributed by atoms with Crippen molar-refractivity contribution in [3.05, 3.63) is 21.9 Å². The van der Waals surface area contributed by atoms with Crippen LogP contribution < -0.4 is 5.73 Å². The summed E-state index contributed by atoms with van der Waals surface area (Å²) < 4.78 is 5.42. The highest BCUT2D eigenvalue weighted by atomic mass is 32.2. The minimum absolute atomic E-state index is 0.115. The van der Waals surface area contributed by atoms with Gasteiger partial charge >= 0.3 is 5.97 Å². The van der Waals surface area contributed by atoms with Gasteiger partial charge < -0.3 is 15.4 Å². The Morgan fingerprint density at radius 1 is 1.32 bits per heavy atom. The van der Waals surface area contributed by atoms with Crippen LogP contribution in [-0.2, 0) is 14.3 Å². The Labute approximate surface area is 135 Å². The molecule has 1 unspecified atom stereocenters. The molecule has 2 rings (SSSR count). The van der Waals surface area contributed by atoms with Gasteiger partial charge in [0, 0.05) is 29.5 Å². The first-order valence-electron chi connectivity index (χ1n) is 7.59. The summed E-state index contributed by atoms with van der Waals surface area (Å²) in [5.74, 6) is 0.467. The summed E-state index contributed by atoms with van der Waals surface area (Å²) in [6, 6.07) is 0. The van der Waals surface area contributed by atoms with E-state index < -0.39 is 5.91 Å². The molecule has 22 heavy (non-hydrogen) atoms. The average Bonchev–Trinajstić information content (AvgIpc) is 2.94. The van der Waals surface area contributed by atoms with Crippen molar-refractivity contribution in [3.8, 4) is 0 Å². The maximum Gasteiger partial charge on any atom is 0.337 e. The fraction of sp³-hybridized carbons (Fsp3) is 0.625. The van der Waals surface area contributed by atoms with E-state index in [-0.39, 0.29) is 18.0 Å². The predicted molar refractivity (Wildman–Crippen MR) is 87.6 cm³/mol. The molecule has 1 saturated heterocycles. The molecular formula is C16H24N2O3S. The largest absolute Gasteiger partial charge is 0.460 e. The number of fused-ring (bicyclic) bond motifs is 1. The van der Waals surface area contributed by atoms with E-state index in [1.165, 1.54) is 0 Å². The second-order valence-corrected chi connectivity index (χ2v) is 7.32. The van der Waals surface area contributed by atoms with Gasteiger partial charge in [-0.2, -0.15) is 0 Å². The molecule has 0 spiro atoms. The Morgan fingerprint density at radius 2 is 1.95 bits per heavy atom. The number of esters is 1. The van der Waals surface area contributed by atoms with E-state index in [1.54, 1.807) is 18.7 Å². The third kappa shape index (κ3) is 3.02. The molecule has 1 amide bonds. The Morgan fingerprint density at radius 3 is 2.45 bits per heavy atom. The quantitative estimate of drug-likeness (QED) is 0.634. The minimum Gasteiger partial charge on any atom is -0.460 e. The number of nitrogens with zero attached hydrogens (tertiary/aromatic N) is 1. The summed E-state index contributed by atoms with van der Waals surface area (Å²) in [6.07, 6.45) is -0.142. The molecule has 0 aromatic heterocycles. The van der Waals surface area contributed by atoms with Crippen LogP contribution in [0.1, 0.15) is 34.6 Å². The van der Waals surface area contributed by atoms with Crippen molar-refractivity contribution in [3.63, 3.8) is 0 Å². The first-order valence-corrected chi connectivity index (χ1v) is 8.57. The third-order valence-electron chi connectivity index (χ3n) is 4.07. The molecule has 5 nitrogen and oxygen atoms in total. The van der Waals surface area contributed by atoms with Gasteiger partial charge in [-0.1, -0.05) is 13.8 Å². The van der Waals surface area contributed by atoms with Gasteiger partial charge in [-0.25, -0.2) is 4.79 Å². The lowest BCUT2D eigenvalue weighted by atomic mass is 9.90. The maximum absolute atomic E-state index is 12.5. The smallest absolute Gasteiger partial charge is 0.337 e. The number of rotatable bonds is 4. The van der Waals surface area contributed by atoms with Crippen molar-refractivity contribution >= 4 is 23.6 Å². The van der Waals surface area contributed by atoms with Gasteiger partial charge in [-0.15, -0.1) is 11.8 Å². The lowest BCUT2D eigenvalue weighted by molar-refractivity contribution is -0.143. The number of carbonyl (C=O) groups excluding carboxylic acids is 2. The molecule has 0 aromatic rings.